The zero-order valence-corrected chi connectivity index (χ0v) is 14.4. The van der Waals surface area contributed by atoms with Gasteiger partial charge in [0.05, 0.1) is 4.47 Å². The molecule has 2 aromatic carbocycles. The molecule has 0 aliphatic carbocycles. The van der Waals surface area contributed by atoms with Crippen LogP contribution in [0.5, 0.6) is 5.75 Å². The minimum atomic E-state index is 0.528. The smallest absolute Gasteiger partial charge is 0.138 e. The molecule has 2 nitrogen and oxygen atoms in total. The maximum atomic E-state index is 5.99. The van der Waals surface area contributed by atoms with Crippen molar-refractivity contribution in [2.45, 2.75) is 26.5 Å². The zero-order valence-electron chi connectivity index (χ0n) is 12.0. The predicted molar refractivity (Wildman–Crippen MR) is 91.9 cm³/mol. The summed E-state index contributed by atoms with van der Waals surface area (Å²) < 4.78 is 6.97. The van der Waals surface area contributed by atoms with Gasteiger partial charge >= 0.3 is 0 Å². The lowest BCUT2D eigenvalue weighted by Crippen LogP contribution is -2.14. The summed E-state index contributed by atoms with van der Waals surface area (Å²) in [7, 11) is 0. The summed E-state index contributed by atoms with van der Waals surface area (Å²) in [5.41, 5.74) is 2.26. The van der Waals surface area contributed by atoms with Crippen molar-refractivity contribution >= 4 is 27.5 Å². The lowest BCUT2D eigenvalue weighted by Gasteiger charge is -2.14. The Kier molecular flexibility index (Phi) is 6.55. The molecule has 0 aliphatic rings. The average molecular weight is 369 g/mol. The fraction of sp³-hybridized carbons (Fsp3) is 0.294. The van der Waals surface area contributed by atoms with E-state index in [0.29, 0.717) is 6.61 Å². The van der Waals surface area contributed by atoms with E-state index in [-0.39, 0.29) is 0 Å². The van der Waals surface area contributed by atoms with Gasteiger partial charge in [0.1, 0.15) is 12.4 Å². The molecule has 0 aromatic heterocycles. The van der Waals surface area contributed by atoms with Gasteiger partial charge in [-0.25, -0.2) is 0 Å². The van der Waals surface area contributed by atoms with Crippen molar-refractivity contribution in [1.82, 2.24) is 5.32 Å². The second kappa shape index (κ2) is 8.42. The summed E-state index contributed by atoms with van der Waals surface area (Å²) in [5.74, 6) is 0.899. The van der Waals surface area contributed by atoms with Crippen LogP contribution in [0.2, 0.25) is 5.02 Å². The number of ether oxygens (including phenoxy) is 1. The van der Waals surface area contributed by atoms with E-state index in [2.05, 4.69) is 34.2 Å². The molecule has 0 fully saturated rings. The normalized spacial score (nSPS) is 10.6. The molecule has 0 unspecified atom stereocenters. The largest absolute Gasteiger partial charge is 0.487 e. The summed E-state index contributed by atoms with van der Waals surface area (Å²) in [6.07, 6.45) is 1.12. The number of nitrogens with one attached hydrogen (secondary N) is 1. The molecule has 0 saturated carbocycles. The lowest BCUT2D eigenvalue weighted by molar-refractivity contribution is 0.300. The van der Waals surface area contributed by atoms with Gasteiger partial charge in [-0.3, -0.25) is 0 Å². The second-order valence-corrected chi connectivity index (χ2v) is 6.11. The van der Waals surface area contributed by atoms with E-state index in [9.17, 15) is 0 Å². The Morgan fingerprint density at radius 2 is 1.90 bits per heavy atom. The Bertz CT molecular complexity index is 572. The third-order valence-electron chi connectivity index (χ3n) is 3.09. The number of hydrogen-bond donors (Lipinski definition) is 1. The van der Waals surface area contributed by atoms with Gasteiger partial charge in [-0.2, -0.15) is 0 Å². The van der Waals surface area contributed by atoms with E-state index in [4.69, 9.17) is 16.3 Å². The van der Waals surface area contributed by atoms with Crippen LogP contribution in [0.4, 0.5) is 0 Å². The molecule has 0 heterocycles. The second-order valence-electron chi connectivity index (χ2n) is 4.82. The molecule has 112 valence electrons. The van der Waals surface area contributed by atoms with Gasteiger partial charge in [-0.05, 0) is 52.7 Å². The molecule has 0 amide bonds. The van der Waals surface area contributed by atoms with Crippen molar-refractivity contribution in [3.8, 4) is 5.75 Å². The molecular formula is C17H19BrClNO. The summed E-state index contributed by atoms with van der Waals surface area (Å²) in [6, 6.07) is 13.8. The van der Waals surface area contributed by atoms with Gasteiger partial charge in [0.15, 0.2) is 0 Å². The lowest BCUT2D eigenvalue weighted by atomic mass is 10.2. The number of rotatable bonds is 7. The molecule has 1 N–H and O–H groups in total. The van der Waals surface area contributed by atoms with E-state index in [1.54, 1.807) is 0 Å². The van der Waals surface area contributed by atoms with Crippen LogP contribution in [-0.2, 0) is 13.2 Å². The van der Waals surface area contributed by atoms with Crippen molar-refractivity contribution < 1.29 is 4.74 Å². The number of benzene rings is 2. The van der Waals surface area contributed by atoms with E-state index in [0.717, 1.165) is 45.9 Å². The Balaban J connectivity index is 2.05. The molecule has 0 radical (unpaired) electrons. The summed E-state index contributed by atoms with van der Waals surface area (Å²) >= 11 is 9.46. The highest BCUT2D eigenvalue weighted by Crippen LogP contribution is 2.30. The first-order chi connectivity index (χ1) is 10.2. The van der Waals surface area contributed by atoms with Gasteiger partial charge in [0.25, 0.3) is 0 Å². The van der Waals surface area contributed by atoms with Crippen molar-refractivity contribution in [3.05, 3.63) is 63.1 Å². The Labute approximate surface area is 139 Å². The van der Waals surface area contributed by atoms with Crippen LogP contribution in [0.1, 0.15) is 24.5 Å². The van der Waals surface area contributed by atoms with Gasteiger partial charge in [0, 0.05) is 17.1 Å². The highest BCUT2D eigenvalue weighted by molar-refractivity contribution is 9.10. The van der Waals surface area contributed by atoms with Gasteiger partial charge in [-0.1, -0.05) is 42.8 Å². The third kappa shape index (κ3) is 5.03. The molecule has 0 aliphatic heterocycles. The van der Waals surface area contributed by atoms with Crippen molar-refractivity contribution in [2.24, 2.45) is 0 Å². The average Bonchev–Trinajstić information content (AvgIpc) is 2.48. The van der Waals surface area contributed by atoms with Crippen LogP contribution in [-0.4, -0.2) is 6.54 Å². The van der Waals surface area contributed by atoms with E-state index in [1.165, 1.54) is 0 Å². The van der Waals surface area contributed by atoms with Gasteiger partial charge in [-0.15, -0.1) is 0 Å². The van der Waals surface area contributed by atoms with E-state index >= 15 is 0 Å². The van der Waals surface area contributed by atoms with Gasteiger partial charge < -0.3 is 10.1 Å². The van der Waals surface area contributed by atoms with Crippen LogP contribution in [0.3, 0.4) is 0 Å². The summed E-state index contributed by atoms with van der Waals surface area (Å²) in [4.78, 5) is 0. The van der Waals surface area contributed by atoms with Crippen LogP contribution in [0.15, 0.2) is 46.9 Å². The van der Waals surface area contributed by atoms with Crippen LogP contribution in [0.25, 0.3) is 0 Å². The molecule has 4 heteroatoms. The topological polar surface area (TPSA) is 21.3 Å². The van der Waals surface area contributed by atoms with Crippen molar-refractivity contribution in [2.75, 3.05) is 6.54 Å². The van der Waals surface area contributed by atoms with Crippen LogP contribution in [0, 0.1) is 0 Å². The number of hydrogen-bond acceptors (Lipinski definition) is 2. The highest BCUT2D eigenvalue weighted by Gasteiger charge is 2.08. The first kappa shape index (κ1) is 16.3. The first-order valence-corrected chi connectivity index (χ1v) is 8.23. The number of halogens is 2. The monoisotopic (exact) mass is 367 g/mol. The van der Waals surface area contributed by atoms with Crippen LogP contribution >= 0.6 is 27.5 Å². The molecule has 2 rings (SSSR count). The minimum Gasteiger partial charge on any atom is -0.487 e. The summed E-state index contributed by atoms with van der Waals surface area (Å²) in [5, 5.41) is 4.15. The third-order valence-corrected chi connectivity index (χ3v) is 3.96. The van der Waals surface area contributed by atoms with Crippen LogP contribution < -0.4 is 10.1 Å². The maximum Gasteiger partial charge on any atom is 0.138 e. The Morgan fingerprint density at radius 3 is 2.62 bits per heavy atom. The Hall–Kier alpha value is -1.03. The van der Waals surface area contributed by atoms with E-state index in [1.807, 2.05) is 36.4 Å². The molecule has 0 bridgehead atoms. The molecular weight excluding hydrogens is 350 g/mol. The minimum absolute atomic E-state index is 0.528. The molecule has 0 saturated heterocycles. The fourth-order valence-corrected chi connectivity index (χ4v) is 2.64. The maximum absolute atomic E-state index is 5.99. The highest BCUT2D eigenvalue weighted by atomic mass is 79.9. The fourth-order valence-electron chi connectivity index (χ4n) is 1.99. The standard InChI is InChI=1S/C17H19BrClNO/c1-2-10-20-11-14-4-3-5-16(18)17(14)21-12-13-6-8-15(19)9-7-13/h3-9,20H,2,10-12H2,1H3. The van der Waals surface area contributed by atoms with Crippen molar-refractivity contribution in [1.29, 1.82) is 0 Å². The number of para-hydroxylation sites is 1. The molecule has 0 atom stereocenters. The molecule has 0 spiro atoms. The predicted octanol–water partition coefficient (Wildman–Crippen LogP) is 5.18. The summed E-state index contributed by atoms with van der Waals surface area (Å²) in [6.45, 7) is 4.50. The SMILES string of the molecule is CCCNCc1cccc(Br)c1OCc1ccc(Cl)cc1. The first-order valence-electron chi connectivity index (χ1n) is 7.06. The Morgan fingerprint density at radius 1 is 1.14 bits per heavy atom. The van der Waals surface area contributed by atoms with E-state index < -0.39 is 0 Å². The molecule has 2 aromatic rings. The zero-order chi connectivity index (χ0) is 15.1. The van der Waals surface area contributed by atoms with Crippen molar-refractivity contribution in [3.63, 3.8) is 0 Å². The molecule has 21 heavy (non-hydrogen) atoms. The quantitative estimate of drug-likeness (QED) is 0.680. The van der Waals surface area contributed by atoms with Gasteiger partial charge in [0.2, 0.25) is 0 Å².